The van der Waals surface area contributed by atoms with Crippen LogP contribution in [0.15, 0.2) is 0 Å². The standard InChI is InChI=1S/C25H39O16P/c1-7-9-11-34-42(31,35-12-10-8-2)41-25(23(29)32-6)13-18-20(39-24(30)38-18)22(40-25)21(37-17(5)28)19(36-16(4)27)14-33-15(3)26/h18-22H,7-14H2,1-6H3/t18-,19+,20+,21+,22+,25+/m0/s1. The Balaban J connectivity index is 2.62. The second kappa shape index (κ2) is 16.2. The van der Waals surface area contributed by atoms with Crippen molar-refractivity contribution in [3.05, 3.63) is 0 Å². The average Bonchev–Trinajstić information content (AvgIpc) is 3.28. The number of rotatable bonds is 17. The number of hydrogen-bond acceptors (Lipinski definition) is 16. The maximum Gasteiger partial charge on any atom is 0.509 e. The molecule has 0 bridgehead atoms. The van der Waals surface area contributed by atoms with Crippen molar-refractivity contribution in [3.63, 3.8) is 0 Å². The molecule has 0 N–H and O–H groups in total. The van der Waals surface area contributed by atoms with Crippen LogP contribution in [0.2, 0.25) is 0 Å². The molecule has 0 spiro atoms. The van der Waals surface area contributed by atoms with Crippen LogP contribution in [0.3, 0.4) is 0 Å². The first-order valence-electron chi connectivity index (χ1n) is 13.5. The highest BCUT2D eigenvalue weighted by atomic mass is 31.2. The lowest BCUT2D eigenvalue weighted by molar-refractivity contribution is -0.296. The van der Waals surface area contributed by atoms with Gasteiger partial charge in [-0.2, -0.15) is 0 Å². The Morgan fingerprint density at radius 3 is 2.05 bits per heavy atom. The molecule has 0 unspecified atom stereocenters. The summed E-state index contributed by atoms with van der Waals surface area (Å²) in [5, 5.41) is 0. The van der Waals surface area contributed by atoms with Gasteiger partial charge in [0.05, 0.1) is 26.7 Å². The maximum absolute atomic E-state index is 13.8. The van der Waals surface area contributed by atoms with Gasteiger partial charge < -0.3 is 33.2 Å². The molecule has 0 aromatic rings. The fraction of sp³-hybridized carbons (Fsp3) is 0.800. The molecule has 240 valence electrons. The molecule has 17 heteroatoms. The molecule has 6 atom stereocenters. The van der Waals surface area contributed by atoms with Crippen molar-refractivity contribution in [2.24, 2.45) is 0 Å². The van der Waals surface area contributed by atoms with E-state index in [0.29, 0.717) is 25.7 Å². The Morgan fingerprint density at radius 1 is 0.952 bits per heavy atom. The largest absolute Gasteiger partial charge is 0.509 e. The van der Waals surface area contributed by atoms with E-state index >= 15 is 0 Å². The zero-order valence-corrected chi connectivity index (χ0v) is 25.4. The van der Waals surface area contributed by atoms with E-state index in [0.717, 1.165) is 27.9 Å². The number of unbranched alkanes of at least 4 members (excludes halogenated alkanes) is 2. The molecule has 0 radical (unpaired) electrons. The predicted octanol–water partition coefficient (Wildman–Crippen LogP) is 2.73. The Labute approximate surface area is 243 Å². The first-order chi connectivity index (χ1) is 19.8. The van der Waals surface area contributed by atoms with E-state index in [2.05, 4.69) is 0 Å². The summed E-state index contributed by atoms with van der Waals surface area (Å²) >= 11 is 0. The molecule has 0 saturated carbocycles. The number of fused-ring (bicyclic) bond motifs is 1. The Morgan fingerprint density at radius 2 is 1.55 bits per heavy atom. The quantitative estimate of drug-likeness (QED) is 0.0988. The van der Waals surface area contributed by atoms with E-state index in [1.165, 1.54) is 0 Å². The van der Waals surface area contributed by atoms with Gasteiger partial charge in [-0.1, -0.05) is 26.7 Å². The molecule has 42 heavy (non-hydrogen) atoms. The van der Waals surface area contributed by atoms with Crippen LogP contribution < -0.4 is 0 Å². The van der Waals surface area contributed by atoms with Crippen molar-refractivity contribution in [3.8, 4) is 0 Å². The lowest BCUT2D eigenvalue weighted by atomic mass is 9.90. The van der Waals surface area contributed by atoms with E-state index < -0.39 is 87.2 Å². The summed E-state index contributed by atoms with van der Waals surface area (Å²) in [5.74, 6) is -6.36. The van der Waals surface area contributed by atoms with Crippen LogP contribution in [-0.2, 0) is 70.5 Å². The summed E-state index contributed by atoms with van der Waals surface area (Å²) in [7, 11) is -3.56. The number of ether oxygens (including phenoxy) is 7. The molecule has 0 aromatic heterocycles. The molecule has 2 heterocycles. The number of esters is 4. The summed E-state index contributed by atoms with van der Waals surface area (Å²) < 4.78 is 67.6. The second-order valence-electron chi connectivity index (χ2n) is 9.46. The third-order valence-corrected chi connectivity index (χ3v) is 7.49. The highest BCUT2D eigenvalue weighted by Crippen LogP contribution is 2.56. The average molecular weight is 627 g/mol. The molecule has 2 fully saturated rings. The van der Waals surface area contributed by atoms with Crippen molar-refractivity contribution in [2.45, 2.75) is 103 Å². The second-order valence-corrected chi connectivity index (χ2v) is 11.0. The van der Waals surface area contributed by atoms with Gasteiger partial charge in [0.15, 0.2) is 24.4 Å². The predicted molar refractivity (Wildman–Crippen MR) is 138 cm³/mol. The van der Waals surface area contributed by atoms with Crippen LogP contribution in [0.1, 0.15) is 66.7 Å². The molecule has 0 aromatic carbocycles. The van der Waals surface area contributed by atoms with Gasteiger partial charge in [0.25, 0.3) is 5.79 Å². The highest BCUT2D eigenvalue weighted by Gasteiger charge is 2.64. The van der Waals surface area contributed by atoms with Gasteiger partial charge in [-0.25, -0.2) is 18.7 Å². The summed E-state index contributed by atoms with van der Waals surface area (Å²) in [6.45, 7) is 6.18. The Bertz CT molecular complexity index is 1000. The summed E-state index contributed by atoms with van der Waals surface area (Å²) in [5.41, 5.74) is 0. The minimum Gasteiger partial charge on any atom is -0.465 e. The lowest BCUT2D eigenvalue weighted by Crippen LogP contribution is -2.64. The van der Waals surface area contributed by atoms with Crippen LogP contribution in [0.4, 0.5) is 4.79 Å². The van der Waals surface area contributed by atoms with Crippen LogP contribution in [-0.4, -0.2) is 93.3 Å². The SMILES string of the molecule is CCCCOP(=O)(OCCCC)O[C@@]1(C(=O)OC)C[C@@H]2OC(=O)O[C@H]2[C@H]([C@H](OC(C)=O)[C@@H](COC(C)=O)OC(C)=O)O1. The fourth-order valence-corrected chi connectivity index (χ4v) is 5.58. The number of phosphoric acid groups is 1. The number of carbonyl (C=O) groups excluding carboxylic acids is 5. The minimum atomic E-state index is -4.56. The van der Waals surface area contributed by atoms with Crippen LogP contribution in [0.25, 0.3) is 0 Å². The topological polar surface area (TPSA) is 195 Å². The summed E-state index contributed by atoms with van der Waals surface area (Å²) in [6.07, 6.45) is -7.00. The summed E-state index contributed by atoms with van der Waals surface area (Å²) in [4.78, 5) is 61.2. The molecule has 0 amide bonds. The monoisotopic (exact) mass is 626 g/mol. The number of phosphoric ester groups is 1. The molecular formula is C25H39O16P. The van der Waals surface area contributed by atoms with Gasteiger partial charge in [-0.05, 0) is 12.8 Å². The van der Waals surface area contributed by atoms with Crippen molar-refractivity contribution in [1.29, 1.82) is 0 Å². The van der Waals surface area contributed by atoms with Gasteiger partial charge in [0.2, 0.25) is 0 Å². The Hall–Kier alpha value is -2.78. The Kier molecular flexibility index (Phi) is 13.6. The van der Waals surface area contributed by atoms with Gasteiger partial charge in [0.1, 0.15) is 12.7 Å². The highest BCUT2D eigenvalue weighted by molar-refractivity contribution is 7.48. The minimum absolute atomic E-state index is 0.0578. The molecule has 16 nitrogen and oxygen atoms in total. The van der Waals surface area contributed by atoms with Crippen LogP contribution in [0.5, 0.6) is 0 Å². The number of carbonyl (C=O) groups is 5. The summed E-state index contributed by atoms with van der Waals surface area (Å²) in [6, 6.07) is 0. The first-order valence-corrected chi connectivity index (χ1v) is 15.0. The van der Waals surface area contributed by atoms with Gasteiger partial charge >= 0.3 is 37.9 Å². The molecule has 2 aliphatic heterocycles. The van der Waals surface area contributed by atoms with Crippen LogP contribution >= 0.6 is 7.82 Å². The maximum atomic E-state index is 13.8. The normalized spacial score (nSPS) is 24.8. The van der Waals surface area contributed by atoms with Crippen molar-refractivity contribution >= 4 is 37.9 Å². The third-order valence-electron chi connectivity index (χ3n) is 5.98. The lowest BCUT2D eigenvalue weighted by Gasteiger charge is -2.45. The zero-order chi connectivity index (χ0) is 31.5. The zero-order valence-electron chi connectivity index (χ0n) is 24.5. The molecule has 2 saturated heterocycles. The van der Waals surface area contributed by atoms with Crippen LogP contribution in [0, 0.1) is 0 Å². The van der Waals surface area contributed by atoms with Crippen molar-refractivity contribution in [2.75, 3.05) is 26.9 Å². The van der Waals surface area contributed by atoms with Crippen molar-refractivity contribution in [1.82, 2.24) is 0 Å². The smallest absolute Gasteiger partial charge is 0.465 e. The number of hydrogen-bond donors (Lipinski definition) is 0. The number of methoxy groups -OCH3 is 1. The van der Waals surface area contributed by atoms with E-state index in [1.54, 1.807) is 0 Å². The fourth-order valence-electron chi connectivity index (χ4n) is 4.15. The van der Waals surface area contributed by atoms with E-state index in [9.17, 15) is 28.5 Å². The van der Waals surface area contributed by atoms with E-state index in [4.69, 9.17) is 46.7 Å². The molecular weight excluding hydrogens is 587 g/mol. The van der Waals surface area contributed by atoms with E-state index in [-0.39, 0.29) is 13.2 Å². The molecule has 2 rings (SSSR count). The van der Waals surface area contributed by atoms with E-state index in [1.807, 2.05) is 13.8 Å². The third kappa shape index (κ3) is 9.90. The molecule has 0 aliphatic carbocycles. The van der Waals surface area contributed by atoms with Gasteiger partial charge in [0, 0.05) is 20.8 Å². The van der Waals surface area contributed by atoms with Gasteiger partial charge in [-0.3, -0.25) is 23.4 Å². The molecule has 2 aliphatic rings. The van der Waals surface area contributed by atoms with Gasteiger partial charge in [-0.15, -0.1) is 0 Å². The first kappa shape index (κ1) is 35.4. The van der Waals surface area contributed by atoms with Crippen molar-refractivity contribution < 1.29 is 75.3 Å².